The molecule has 2 amide bonds. The minimum atomic E-state index is -0.743. The van der Waals surface area contributed by atoms with E-state index in [2.05, 4.69) is 15.2 Å². The number of hydrogen-bond acceptors (Lipinski definition) is 5. The normalized spacial score (nSPS) is 25.1. The van der Waals surface area contributed by atoms with E-state index in [-0.39, 0.29) is 17.9 Å². The molecule has 1 unspecified atom stereocenters. The van der Waals surface area contributed by atoms with Gasteiger partial charge in [-0.05, 0) is 42.9 Å². The van der Waals surface area contributed by atoms with Crippen LogP contribution in [0.1, 0.15) is 56.9 Å². The van der Waals surface area contributed by atoms with Gasteiger partial charge in [0.25, 0.3) is 0 Å². The SMILES string of the molecule is COCCN1C(=O)C(CC2CCCCC2)NC(=O)C12CCN(Cc1ccncc1)CC2. The van der Waals surface area contributed by atoms with Gasteiger partial charge in [-0.25, -0.2) is 0 Å². The zero-order chi connectivity index (χ0) is 21.7. The number of aromatic nitrogens is 1. The molecule has 4 rings (SSSR count). The van der Waals surface area contributed by atoms with Gasteiger partial charge in [0, 0.05) is 45.7 Å². The Labute approximate surface area is 185 Å². The summed E-state index contributed by atoms with van der Waals surface area (Å²) in [7, 11) is 1.65. The number of likely N-dealkylation sites (tertiary alicyclic amines) is 1. The molecule has 1 spiro atoms. The number of carbonyl (C=O) groups excluding carboxylic acids is 2. The third kappa shape index (κ3) is 4.93. The molecule has 3 fully saturated rings. The van der Waals surface area contributed by atoms with Crippen molar-refractivity contribution in [2.45, 2.75) is 69.5 Å². The second-order valence-electron chi connectivity index (χ2n) is 9.41. The number of nitrogens with one attached hydrogen (secondary N) is 1. The number of piperazine rings is 1. The molecule has 31 heavy (non-hydrogen) atoms. The number of carbonyl (C=O) groups is 2. The number of pyridine rings is 1. The summed E-state index contributed by atoms with van der Waals surface area (Å²) in [6.07, 6.45) is 11.8. The van der Waals surface area contributed by atoms with Crippen LogP contribution in [0.2, 0.25) is 0 Å². The largest absolute Gasteiger partial charge is 0.383 e. The molecular weight excluding hydrogens is 392 g/mol. The standard InChI is InChI=1S/C24H36N4O3/c1-31-16-15-28-22(29)21(17-19-5-3-2-4-6-19)26-23(30)24(28)9-13-27(14-10-24)18-20-7-11-25-12-8-20/h7-8,11-12,19,21H,2-6,9-10,13-18H2,1H3,(H,26,30). The molecule has 0 aromatic carbocycles. The first-order valence-corrected chi connectivity index (χ1v) is 11.8. The molecular formula is C24H36N4O3. The lowest BCUT2D eigenvalue weighted by Crippen LogP contribution is -2.73. The summed E-state index contributed by atoms with van der Waals surface area (Å²) in [5.41, 5.74) is 0.479. The highest BCUT2D eigenvalue weighted by Crippen LogP contribution is 2.35. The molecule has 1 atom stereocenters. The third-order valence-electron chi connectivity index (χ3n) is 7.46. The van der Waals surface area contributed by atoms with Crippen molar-refractivity contribution in [1.29, 1.82) is 0 Å². The average Bonchev–Trinajstić information content (AvgIpc) is 2.80. The van der Waals surface area contributed by atoms with Crippen LogP contribution in [-0.4, -0.2) is 71.5 Å². The maximum Gasteiger partial charge on any atom is 0.246 e. The van der Waals surface area contributed by atoms with Crippen LogP contribution in [0, 0.1) is 5.92 Å². The molecule has 2 saturated heterocycles. The van der Waals surface area contributed by atoms with Gasteiger partial charge in [0.15, 0.2) is 0 Å². The fourth-order valence-electron chi connectivity index (χ4n) is 5.62. The van der Waals surface area contributed by atoms with Crippen LogP contribution >= 0.6 is 0 Å². The summed E-state index contributed by atoms with van der Waals surface area (Å²) >= 11 is 0. The second kappa shape index (κ2) is 10.1. The zero-order valence-corrected chi connectivity index (χ0v) is 18.7. The number of rotatable bonds is 7. The Bertz CT molecular complexity index is 742. The zero-order valence-electron chi connectivity index (χ0n) is 18.7. The molecule has 2 aliphatic heterocycles. The van der Waals surface area contributed by atoms with E-state index in [9.17, 15) is 9.59 Å². The number of hydrogen-bond donors (Lipinski definition) is 1. The van der Waals surface area contributed by atoms with Gasteiger partial charge in [0.05, 0.1) is 6.61 Å². The molecule has 1 aliphatic carbocycles. The molecule has 0 radical (unpaired) electrons. The van der Waals surface area contributed by atoms with E-state index in [4.69, 9.17) is 4.74 Å². The Balaban J connectivity index is 1.44. The van der Waals surface area contributed by atoms with E-state index in [1.165, 1.54) is 37.7 Å². The maximum absolute atomic E-state index is 13.5. The Kier molecular flexibility index (Phi) is 7.23. The van der Waals surface area contributed by atoms with E-state index >= 15 is 0 Å². The predicted octanol–water partition coefficient (Wildman–Crippen LogP) is 2.36. The monoisotopic (exact) mass is 428 g/mol. The average molecular weight is 429 g/mol. The summed E-state index contributed by atoms with van der Waals surface area (Å²) in [6, 6.07) is 3.68. The van der Waals surface area contributed by atoms with E-state index in [0.29, 0.717) is 31.9 Å². The highest BCUT2D eigenvalue weighted by Gasteiger charge is 2.53. The number of ether oxygens (including phenoxy) is 1. The van der Waals surface area contributed by atoms with Crippen molar-refractivity contribution in [3.8, 4) is 0 Å². The van der Waals surface area contributed by atoms with Crippen LogP contribution in [0.4, 0.5) is 0 Å². The Morgan fingerprint density at radius 2 is 1.84 bits per heavy atom. The van der Waals surface area contributed by atoms with E-state index in [0.717, 1.165) is 26.1 Å². The van der Waals surface area contributed by atoms with Crippen molar-refractivity contribution in [2.75, 3.05) is 33.4 Å². The van der Waals surface area contributed by atoms with Crippen molar-refractivity contribution in [1.82, 2.24) is 20.1 Å². The molecule has 1 N–H and O–H groups in total. The summed E-state index contributed by atoms with van der Waals surface area (Å²) in [4.78, 5) is 35.3. The van der Waals surface area contributed by atoms with Gasteiger partial charge in [-0.1, -0.05) is 32.1 Å². The van der Waals surface area contributed by atoms with E-state index < -0.39 is 5.54 Å². The maximum atomic E-state index is 13.5. The van der Waals surface area contributed by atoms with Crippen LogP contribution in [0.5, 0.6) is 0 Å². The van der Waals surface area contributed by atoms with E-state index in [1.54, 1.807) is 7.11 Å². The first-order chi connectivity index (χ1) is 15.1. The first kappa shape index (κ1) is 22.2. The Morgan fingerprint density at radius 3 is 2.52 bits per heavy atom. The molecule has 3 heterocycles. The van der Waals surface area contributed by atoms with Crippen molar-refractivity contribution in [2.24, 2.45) is 5.92 Å². The van der Waals surface area contributed by atoms with Crippen molar-refractivity contribution >= 4 is 11.8 Å². The fourth-order valence-corrected chi connectivity index (χ4v) is 5.62. The van der Waals surface area contributed by atoms with Gasteiger partial charge in [-0.15, -0.1) is 0 Å². The minimum Gasteiger partial charge on any atom is -0.383 e. The van der Waals surface area contributed by atoms with Gasteiger partial charge in [0.1, 0.15) is 11.6 Å². The van der Waals surface area contributed by atoms with Crippen LogP contribution in [0.15, 0.2) is 24.5 Å². The summed E-state index contributed by atoms with van der Waals surface area (Å²) < 4.78 is 5.31. The fraction of sp³-hybridized carbons (Fsp3) is 0.708. The first-order valence-electron chi connectivity index (χ1n) is 11.8. The van der Waals surface area contributed by atoms with Gasteiger partial charge in [-0.3, -0.25) is 19.5 Å². The van der Waals surface area contributed by atoms with Gasteiger partial charge >= 0.3 is 0 Å². The molecule has 1 aromatic heterocycles. The van der Waals surface area contributed by atoms with Crippen LogP contribution in [0.25, 0.3) is 0 Å². The quantitative estimate of drug-likeness (QED) is 0.722. The molecule has 170 valence electrons. The summed E-state index contributed by atoms with van der Waals surface area (Å²) in [5.74, 6) is 0.668. The van der Waals surface area contributed by atoms with Crippen molar-refractivity contribution < 1.29 is 14.3 Å². The van der Waals surface area contributed by atoms with Gasteiger partial charge in [-0.2, -0.15) is 0 Å². The highest BCUT2D eigenvalue weighted by molar-refractivity contribution is 6.00. The molecule has 7 heteroatoms. The smallest absolute Gasteiger partial charge is 0.246 e. The molecule has 7 nitrogen and oxygen atoms in total. The number of methoxy groups -OCH3 is 1. The molecule has 0 bridgehead atoms. The number of piperidine rings is 1. The summed E-state index contributed by atoms with van der Waals surface area (Å²) in [6.45, 7) is 3.36. The molecule has 3 aliphatic rings. The number of nitrogens with zero attached hydrogens (tertiary/aromatic N) is 3. The highest BCUT2D eigenvalue weighted by atomic mass is 16.5. The lowest BCUT2D eigenvalue weighted by atomic mass is 9.79. The van der Waals surface area contributed by atoms with Crippen LogP contribution in [-0.2, 0) is 20.9 Å². The van der Waals surface area contributed by atoms with Gasteiger partial charge < -0.3 is 15.0 Å². The van der Waals surface area contributed by atoms with E-state index in [1.807, 2.05) is 29.4 Å². The van der Waals surface area contributed by atoms with Crippen LogP contribution < -0.4 is 5.32 Å². The van der Waals surface area contributed by atoms with Crippen molar-refractivity contribution in [3.63, 3.8) is 0 Å². The topological polar surface area (TPSA) is 74.8 Å². The lowest BCUT2D eigenvalue weighted by Gasteiger charge is -2.52. The van der Waals surface area contributed by atoms with Gasteiger partial charge in [0.2, 0.25) is 11.8 Å². The molecule has 1 saturated carbocycles. The lowest BCUT2D eigenvalue weighted by molar-refractivity contribution is -0.162. The van der Waals surface area contributed by atoms with Crippen LogP contribution in [0.3, 0.4) is 0 Å². The van der Waals surface area contributed by atoms with Crippen molar-refractivity contribution in [3.05, 3.63) is 30.1 Å². The third-order valence-corrected chi connectivity index (χ3v) is 7.46. The minimum absolute atomic E-state index is 0.0348. The predicted molar refractivity (Wildman–Crippen MR) is 118 cm³/mol. The number of amides is 2. The Morgan fingerprint density at radius 1 is 1.13 bits per heavy atom. The molecule has 1 aromatic rings. The second-order valence-corrected chi connectivity index (χ2v) is 9.41. The summed E-state index contributed by atoms with van der Waals surface area (Å²) in [5, 5.41) is 3.15. The Hall–Kier alpha value is -1.99.